The fourth-order valence-electron chi connectivity index (χ4n) is 2.57. The van der Waals surface area contributed by atoms with E-state index in [1.54, 1.807) is 7.11 Å². The van der Waals surface area contributed by atoms with E-state index in [1.807, 2.05) is 0 Å². The second-order valence-electron chi connectivity index (χ2n) is 4.99. The molecule has 1 heterocycles. The minimum absolute atomic E-state index is 0.0679. The van der Waals surface area contributed by atoms with Crippen LogP contribution < -0.4 is 10.6 Å². The Hall–Kier alpha value is -1.73. The molecule has 1 saturated heterocycles. The molecular weight excluding hydrogens is 265 g/mol. The summed E-state index contributed by atoms with van der Waals surface area (Å²) in [6.07, 6.45) is 1.89. The normalized spacial score (nSPS) is 21.9. The number of nitrogens with one attached hydrogen (secondary N) is 2. The zero-order chi connectivity index (χ0) is 14.6. The molecule has 1 fully saturated rings. The van der Waals surface area contributed by atoms with Crippen molar-refractivity contribution >= 4 is 11.4 Å². The van der Waals surface area contributed by atoms with Crippen molar-refractivity contribution in [3.63, 3.8) is 0 Å². The Labute approximate surface area is 116 Å². The van der Waals surface area contributed by atoms with Crippen LogP contribution in [0.25, 0.3) is 0 Å². The Morgan fingerprint density at radius 3 is 3.00 bits per heavy atom. The van der Waals surface area contributed by atoms with Gasteiger partial charge in [-0.05, 0) is 25.5 Å². The van der Waals surface area contributed by atoms with E-state index in [-0.39, 0.29) is 16.9 Å². The number of nitro groups is 1. The van der Waals surface area contributed by atoms with Crippen LogP contribution in [0.15, 0.2) is 18.2 Å². The molecule has 2 rings (SSSR count). The smallest absolute Gasteiger partial charge is 0.295 e. The molecule has 1 aliphatic rings. The van der Waals surface area contributed by atoms with E-state index in [4.69, 9.17) is 4.74 Å². The second-order valence-corrected chi connectivity index (χ2v) is 4.99. The number of nitrogens with zero attached hydrogens (tertiary/aromatic N) is 1. The van der Waals surface area contributed by atoms with Gasteiger partial charge in [-0.25, -0.2) is 4.39 Å². The molecule has 2 N–H and O–H groups in total. The van der Waals surface area contributed by atoms with Crippen LogP contribution in [0.2, 0.25) is 0 Å². The zero-order valence-corrected chi connectivity index (χ0v) is 11.3. The van der Waals surface area contributed by atoms with E-state index in [1.165, 1.54) is 18.2 Å². The summed E-state index contributed by atoms with van der Waals surface area (Å²) >= 11 is 0. The van der Waals surface area contributed by atoms with Crippen LogP contribution in [0, 0.1) is 15.9 Å². The average Bonchev–Trinajstić information content (AvgIpc) is 2.86. The van der Waals surface area contributed by atoms with Gasteiger partial charge in [-0.3, -0.25) is 10.1 Å². The van der Waals surface area contributed by atoms with Crippen molar-refractivity contribution in [1.29, 1.82) is 0 Å². The molecule has 0 aliphatic carbocycles. The standard InChI is InChI=1S/C13H18FN3O3/c1-20-9-13(6-3-7-16-13)8-15-12-10(14)4-2-5-11(12)17(18)19/h2,4-5,15-16H,3,6-9H2,1H3. The predicted molar refractivity (Wildman–Crippen MR) is 73.4 cm³/mol. The lowest BCUT2D eigenvalue weighted by molar-refractivity contribution is -0.384. The lowest BCUT2D eigenvalue weighted by Crippen LogP contribution is -2.49. The largest absolute Gasteiger partial charge is 0.383 e. The van der Waals surface area contributed by atoms with Crippen LogP contribution in [0.1, 0.15) is 12.8 Å². The van der Waals surface area contributed by atoms with Crippen molar-refractivity contribution in [3.05, 3.63) is 34.1 Å². The SMILES string of the molecule is COCC1(CNc2c(F)cccc2[N+](=O)[O-])CCCN1. The topological polar surface area (TPSA) is 76.4 Å². The summed E-state index contributed by atoms with van der Waals surface area (Å²) in [6, 6.07) is 3.83. The summed E-state index contributed by atoms with van der Waals surface area (Å²) in [5.74, 6) is -0.621. The van der Waals surface area contributed by atoms with Gasteiger partial charge in [0.25, 0.3) is 5.69 Å². The second kappa shape index (κ2) is 6.15. The molecule has 20 heavy (non-hydrogen) atoms. The number of ether oxygens (including phenoxy) is 1. The molecule has 1 unspecified atom stereocenters. The highest BCUT2D eigenvalue weighted by Crippen LogP contribution is 2.28. The Bertz CT molecular complexity index is 490. The molecule has 1 aromatic rings. The zero-order valence-electron chi connectivity index (χ0n) is 11.3. The number of rotatable bonds is 6. The quantitative estimate of drug-likeness (QED) is 0.616. The van der Waals surface area contributed by atoms with E-state index >= 15 is 0 Å². The lowest BCUT2D eigenvalue weighted by atomic mass is 9.98. The number of methoxy groups -OCH3 is 1. The van der Waals surface area contributed by atoms with Crippen LogP contribution in [-0.4, -0.2) is 37.3 Å². The number of para-hydroxylation sites is 1. The highest BCUT2D eigenvalue weighted by Gasteiger charge is 2.34. The maximum absolute atomic E-state index is 13.8. The van der Waals surface area contributed by atoms with Gasteiger partial charge in [0.15, 0.2) is 5.82 Å². The first-order valence-electron chi connectivity index (χ1n) is 6.49. The molecule has 7 heteroatoms. The van der Waals surface area contributed by atoms with E-state index in [2.05, 4.69) is 10.6 Å². The first-order chi connectivity index (χ1) is 9.58. The van der Waals surface area contributed by atoms with Gasteiger partial charge in [0.2, 0.25) is 0 Å². The third-order valence-electron chi connectivity index (χ3n) is 3.54. The van der Waals surface area contributed by atoms with Crippen LogP contribution in [-0.2, 0) is 4.74 Å². The Morgan fingerprint density at radius 1 is 1.60 bits per heavy atom. The Balaban J connectivity index is 2.15. The maximum atomic E-state index is 13.8. The van der Waals surface area contributed by atoms with Gasteiger partial charge in [0, 0.05) is 19.7 Å². The van der Waals surface area contributed by atoms with Crippen molar-refractivity contribution in [3.8, 4) is 0 Å². The molecule has 0 aromatic heterocycles. The molecule has 0 spiro atoms. The molecule has 0 amide bonds. The van der Waals surface area contributed by atoms with E-state index in [9.17, 15) is 14.5 Å². The fraction of sp³-hybridized carbons (Fsp3) is 0.538. The van der Waals surface area contributed by atoms with Crippen molar-refractivity contribution in [1.82, 2.24) is 5.32 Å². The monoisotopic (exact) mass is 283 g/mol. The molecule has 1 atom stereocenters. The summed E-state index contributed by atoms with van der Waals surface area (Å²) in [5.41, 5.74) is -0.623. The molecule has 1 aromatic carbocycles. The first kappa shape index (κ1) is 14.7. The third-order valence-corrected chi connectivity index (χ3v) is 3.54. The molecule has 6 nitrogen and oxygen atoms in total. The van der Waals surface area contributed by atoms with Gasteiger partial charge in [0.1, 0.15) is 5.69 Å². The number of nitro benzene ring substituents is 1. The fourth-order valence-corrected chi connectivity index (χ4v) is 2.57. The van der Waals surface area contributed by atoms with Crippen molar-refractivity contribution in [2.75, 3.05) is 32.1 Å². The third kappa shape index (κ3) is 3.05. The molecule has 0 bridgehead atoms. The van der Waals surface area contributed by atoms with Crippen LogP contribution in [0.3, 0.4) is 0 Å². The molecule has 110 valence electrons. The number of benzene rings is 1. The minimum atomic E-state index is -0.621. The van der Waals surface area contributed by atoms with E-state index < -0.39 is 10.7 Å². The highest BCUT2D eigenvalue weighted by atomic mass is 19.1. The van der Waals surface area contributed by atoms with Gasteiger partial charge >= 0.3 is 0 Å². The minimum Gasteiger partial charge on any atom is -0.383 e. The van der Waals surface area contributed by atoms with Gasteiger partial charge in [-0.1, -0.05) is 6.07 Å². The van der Waals surface area contributed by atoms with Gasteiger partial charge in [-0.15, -0.1) is 0 Å². The average molecular weight is 283 g/mol. The van der Waals surface area contributed by atoms with Gasteiger partial charge in [-0.2, -0.15) is 0 Å². The molecular formula is C13H18FN3O3. The maximum Gasteiger partial charge on any atom is 0.295 e. The molecule has 0 saturated carbocycles. The van der Waals surface area contributed by atoms with Crippen molar-refractivity contribution in [2.24, 2.45) is 0 Å². The van der Waals surface area contributed by atoms with Crippen LogP contribution >= 0.6 is 0 Å². The number of hydrogen-bond donors (Lipinski definition) is 2. The number of halogens is 1. The Morgan fingerprint density at radius 2 is 2.40 bits per heavy atom. The summed E-state index contributed by atoms with van der Waals surface area (Å²) in [5, 5.41) is 17.1. The van der Waals surface area contributed by atoms with Crippen molar-refractivity contribution < 1.29 is 14.1 Å². The summed E-state index contributed by atoms with van der Waals surface area (Å²) in [6.45, 7) is 1.72. The lowest BCUT2D eigenvalue weighted by Gasteiger charge is -2.29. The number of anilines is 1. The first-order valence-corrected chi connectivity index (χ1v) is 6.49. The van der Waals surface area contributed by atoms with Crippen LogP contribution in [0.5, 0.6) is 0 Å². The van der Waals surface area contributed by atoms with Gasteiger partial charge < -0.3 is 15.4 Å². The molecule has 1 aliphatic heterocycles. The van der Waals surface area contributed by atoms with E-state index in [0.29, 0.717) is 13.2 Å². The van der Waals surface area contributed by atoms with E-state index in [0.717, 1.165) is 19.4 Å². The number of hydrogen-bond acceptors (Lipinski definition) is 5. The van der Waals surface area contributed by atoms with Gasteiger partial charge in [0.05, 0.1) is 17.1 Å². The highest BCUT2D eigenvalue weighted by molar-refractivity contribution is 5.62. The Kier molecular flexibility index (Phi) is 4.51. The molecule has 0 radical (unpaired) electrons. The summed E-state index contributed by atoms with van der Waals surface area (Å²) < 4.78 is 19.0. The summed E-state index contributed by atoms with van der Waals surface area (Å²) in [4.78, 5) is 10.3. The summed E-state index contributed by atoms with van der Waals surface area (Å²) in [7, 11) is 1.60. The van der Waals surface area contributed by atoms with Crippen molar-refractivity contribution in [2.45, 2.75) is 18.4 Å². The van der Waals surface area contributed by atoms with Crippen LogP contribution in [0.4, 0.5) is 15.8 Å². The predicted octanol–water partition coefficient (Wildman–Crippen LogP) is 1.91.